The van der Waals surface area contributed by atoms with Crippen LogP contribution in [0.3, 0.4) is 0 Å². The average Bonchev–Trinajstić information content (AvgIpc) is 2.97. The van der Waals surface area contributed by atoms with Crippen LogP contribution >= 0.6 is 0 Å². The molecule has 1 atom stereocenters. The minimum Gasteiger partial charge on any atom is -0.349 e. The zero-order valence-corrected chi connectivity index (χ0v) is 11.0. The van der Waals surface area contributed by atoms with Gasteiger partial charge in [0.1, 0.15) is 0 Å². The molecule has 6 heteroatoms. The Morgan fingerprint density at radius 1 is 1.37 bits per heavy atom. The lowest BCUT2D eigenvalue weighted by molar-refractivity contribution is 0.614. The van der Waals surface area contributed by atoms with E-state index < -0.39 is 0 Å². The number of hydrogen-bond acceptors (Lipinski definition) is 4. The summed E-state index contributed by atoms with van der Waals surface area (Å²) in [5.41, 5.74) is 2.01. The molecule has 3 rings (SSSR count). The van der Waals surface area contributed by atoms with Crippen molar-refractivity contribution in [1.82, 2.24) is 24.1 Å². The predicted molar refractivity (Wildman–Crippen MR) is 73.0 cm³/mol. The van der Waals surface area contributed by atoms with Crippen LogP contribution in [0, 0.1) is 6.92 Å². The molecule has 98 valence electrons. The second-order valence-corrected chi connectivity index (χ2v) is 4.75. The number of imidazole rings is 1. The van der Waals surface area contributed by atoms with Gasteiger partial charge in [-0.15, -0.1) is 5.10 Å². The van der Waals surface area contributed by atoms with Crippen LogP contribution < -0.4 is 5.32 Å². The van der Waals surface area contributed by atoms with Gasteiger partial charge >= 0.3 is 0 Å². The SMILES string of the molecule is Cc1ccc2nc(NC(C)Cn3ccnc3)nn2c1. The Labute approximate surface area is 111 Å². The highest BCUT2D eigenvalue weighted by molar-refractivity contribution is 5.44. The number of hydrogen-bond donors (Lipinski definition) is 1. The van der Waals surface area contributed by atoms with Crippen LogP contribution in [0.2, 0.25) is 0 Å². The van der Waals surface area contributed by atoms with Crippen LogP contribution in [-0.4, -0.2) is 30.2 Å². The smallest absolute Gasteiger partial charge is 0.243 e. The Balaban J connectivity index is 1.74. The van der Waals surface area contributed by atoms with E-state index in [1.165, 1.54) is 0 Å². The third-order valence-corrected chi connectivity index (χ3v) is 2.90. The topological polar surface area (TPSA) is 60.0 Å². The molecule has 0 saturated carbocycles. The molecule has 3 aromatic heterocycles. The van der Waals surface area contributed by atoms with Crippen LogP contribution in [-0.2, 0) is 6.54 Å². The maximum Gasteiger partial charge on any atom is 0.243 e. The maximum absolute atomic E-state index is 4.44. The van der Waals surface area contributed by atoms with Gasteiger partial charge in [-0.05, 0) is 25.5 Å². The highest BCUT2D eigenvalue weighted by Crippen LogP contribution is 2.08. The fraction of sp³-hybridized carbons (Fsp3) is 0.308. The predicted octanol–water partition coefficient (Wildman–Crippen LogP) is 1.73. The number of anilines is 1. The molecular weight excluding hydrogens is 240 g/mol. The van der Waals surface area contributed by atoms with Crippen molar-refractivity contribution >= 4 is 11.6 Å². The van der Waals surface area contributed by atoms with Gasteiger partial charge in [0.15, 0.2) is 5.65 Å². The molecule has 0 amide bonds. The summed E-state index contributed by atoms with van der Waals surface area (Å²) in [4.78, 5) is 8.47. The van der Waals surface area contributed by atoms with E-state index in [2.05, 4.69) is 27.3 Å². The van der Waals surface area contributed by atoms with Crippen LogP contribution in [0.25, 0.3) is 5.65 Å². The van der Waals surface area contributed by atoms with Gasteiger partial charge in [0, 0.05) is 31.2 Å². The van der Waals surface area contributed by atoms with Gasteiger partial charge in [-0.25, -0.2) is 9.50 Å². The molecule has 0 aliphatic heterocycles. The van der Waals surface area contributed by atoms with E-state index in [0.29, 0.717) is 5.95 Å². The maximum atomic E-state index is 4.44. The molecule has 1 unspecified atom stereocenters. The number of pyridine rings is 1. The Kier molecular flexibility index (Phi) is 2.91. The molecule has 3 heterocycles. The summed E-state index contributed by atoms with van der Waals surface area (Å²) < 4.78 is 3.82. The molecule has 0 bridgehead atoms. The number of aromatic nitrogens is 5. The first kappa shape index (κ1) is 11.7. The van der Waals surface area contributed by atoms with E-state index in [4.69, 9.17) is 0 Å². The molecule has 1 N–H and O–H groups in total. The third-order valence-electron chi connectivity index (χ3n) is 2.90. The van der Waals surface area contributed by atoms with Crippen molar-refractivity contribution in [3.8, 4) is 0 Å². The van der Waals surface area contributed by atoms with Crippen LogP contribution in [0.4, 0.5) is 5.95 Å². The number of fused-ring (bicyclic) bond motifs is 1. The monoisotopic (exact) mass is 256 g/mol. The first-order valence-electron chi connectivity index (χ1n) is 6.26. The van der Waals surface area contributed by atoms with E-state index in [1.54, 1.807) is 17.0 Å². The summed E-state index contributed by atoms with van der Waals surface area (Å²) in [7, 11) is 0. The second kappa shape index (κ2) is 4.72. The van der Waals surface area contributed by atoms with Crippen molar-refractivity contribution in [2.45, 2.75) is 26.4 Å². The lowest BCUT2D eigenvalue weighted by atomic mass is 10.3. The van der Waals surface area contributed by atoms with Crippen LogP contribution in [0.1, 0.15) is 12.5 Å². The van der Waals surface area contributed by atoms with Gasteiger partial charge in [0.2, 0.25) is 5.95 Å². The Hall–Kier alpha value is -2.37. The fourth-order valence-electron chi connectivity index (χ4n) is 2.02. The van der Waals surface area contributed by atoms with E-state index in [9.17, 15) is 0 Å². The summed E-state index contributed by atoms with van der Waals surface area (Å²) in [5.74, 6) is 0.651. The first-order valence-corrected chi connectivity index (χ1v) is 6.26. The van der Waals surface area contributed by atoms with E-state index in [1.807, 2.05) is 36.0 Å². The minimum absolute atomic E-state index is 0.229. The van der Waals surface area contributed by atoms with E-state index in [-0.39, 0.29) is 6.04 Å². The number of nitrogens with one attached hydrogen (secondary N) is 1. The number of aryl methyl sites for hydroxylation is 1. The van der Waals surface area contributed by atoms with Gasteiger partial charge < -0.3 is 9.88 Å². The lowest BCUT2D eigenvalue weighted by Crippen LogP contribution is -2.22. The van der Waals surface area contributed by atoms with Gasteiger partial charge in [0.05, 0.1) is 6.33 Å². The van der Waals surface area contributed by atoms with Crippen molar-refractivity contribution in [2.24, 2.45) is 0 Å². The number of rotatable bonds is 4. The Morgan fingerprint density at radius 3 is 3.05 bits per heavy atom. The molecule has 0 radical (unpaired) electrons. The summed E-state index contributed by atoms with van der Waals surface area (Å²) in [6.45, 7) is 4.96. The van der Waals surface area contributed by atoms with Crippen molar-refractivity contribution in [3.63, 3.8) is 0 Å². The van der Waals surface area contributed by atoms with E-state index >= 15 is 0 Å². The third kappa shape index (κ3) is 2.57. The molecule has 0 aliphatic carbocycles. The molecule has 0 saturated heterocycles. The normalized spacial score (nSPS) is 12.7. The minimum atomic E-state index is 0.229. The quantitative estimate of drug-likeness (QED) is 0.772. The second-order valence-electron chi connectivity index (χ2n) is 4.75. The summed E-state index contributed by atoms with van der Waals surface area (Å²) in [6, 6.07) is 4.23. The molecule has 6 nitrogen and oxygen atoms in total. The van der Waals surface area contributed by atoms with Gasteiger partial charge in [-0.2, -0.15) is 4.98 Å². The molecule has 0 spiro atoms. The summed E-state index contributed by atoms with van der Waals surface area (Å²) >= 11 is 0. The van der Waals surface area contributed by atoms with Gasteiger partial charge in [0.25, 0.3) is 0 Å². The lowest BCUT2D eigenvalue weighted by Gasteiger charge is -2.12. The Morgan fingerprint density at radius 2 is 2.26 bits per heavy atom. The Bertz CT molecular complexity index is 670. The summed E-state index contributed by atoms with van der Waals surface area (Å²) in [6.07, 6.45) is 7.49. The van der Waals surface area contributed by atoms with Gasteiger partial charge in [-0.3, -0.25) is 0 Å². The standard InChI is InChI=1S/C13H16N6/c1-10-3-4-12-16-13(17-19(12)7-10)15-11(2)8-18-6-5-14-9-18/h3-7,9,11H,8H2,1-2H3,(H,15,17). The zero-order valence-electron chi connectivity index (χ0n) is 11.0. The highest BCUT2D eigenvalue weighted by atomic mass is 15.3. The first-order chi connectivity index (χ1) is 9.20. The fourth-order valence-corrected chi connectivity index (χ4v) is 2.02. The molecule has 0 aliphatic rings. The highest BCUT2D eigenvalue weighted by Gasteiger charge is 2.07. The molecule has 0 aromatic carbocycles. The zero-order chi connectivity index (χ0) is 13.2. The molecule has 3 aromatic rings. The largest absolute Gasteiger partial charge is 0.349 e. The average molecular weight is 256 g/mol. The van der Waals surface area contributed by atoms with Crippen LogP contribution in [0.5, 0.6) is 0 Å². The van der Waals surface area contributed by atoms with E-state index in [0.717, 1.165) is 17.8 Å². The van der Waals surface area contributed by atoms with Crippen molar-refractivity contribution in [3.05, 3.63) is 42.6 Å². The van der Waals surface area contributed by atoms with Crippen molar-refractivity contribution < 1.29 is 0 Å². The number of nitrogens with zero attached hydrogens (tertiary/aromatic N) is 5. The van der Waals surface area contributed by atoms with Gasteiger partial charge in [-0.1, -0.05) is 6.07 Å². The molecular formula is C13H16N6. The molecule has 0 fully saturated rings. The summed E-state index contributed by atoms with van der Waals surface area (Å²) in [5, 5.41) is 7.71. The van der Waals surface area contributed by atoms with Crippen LogP contribution in [0.15, 0.2) is 37.1 Å². The molecule has 19 heavy (non-hydrogen) atoms. The van der Waals surface area contributed by atoms with Crippen molar-refractivity contribution in [2.75, 3.05) is 5.32 Å². The van der Waals surface area contributed by atoms with Crippen molar-refractivity contribution in [1.29, 1.82) is 0 Å².